The van der Waals surface area contributed by atoms with E-state index >= 15 is 0 Å². The number of carbonyl (C=O) groups is 1. The third-order valence-corrected chi connectivity index (χ3v) is 3.87. The van der Waals surface area contributed by atoms with E-state index in [0.717, 1.165) is 44.1 Å². The Labute approximate surface area is 136 Å². The molecular formula is C18H21N3O2. The lowest BCUT2D eigenvalue weighted by Crippen LogP contribution is -2.41. The molecule has 2 aromatic rings. The number of hydrogen-bond donors (Lipinski definition) is 1. The molecule has 5 nitrogen and oxygen atoms in total. The lowest BCUT2D eigenvalue weighted by molar-refractivity contribution is 0.0383. The minimum absolute atomic E-state index is 0.129. The fourth-order valence-corrected chi connectivity index (χ4v) is 2.57. The summed E-state index contributed by atoms with van der Waals surface area (Å²) < 4.78 is 5.31. The lowest BCUT2D eigenvalue weighted by atomic mass is 10.1. The third kappa shape index (κ3) is 4.37. The van der Waals surface area contributed by atoms with Gasteiger partial charge in [0.15, 0.2) is 0 Å². The van der Waals surface area contributed by atoms with Crippen molar-refractivity contribution < 1.29 is 9.53 Å². The normalized spacial score (nSPS) is 15.3. The van der Waals surface area contributed by atoms with Crippen LogP contribution in [0.1, 0.15) is 10.5 Å². The van der Waals surface area contributed by atoms with Gasteiger partial charge in [0.2, 0.25) is 0 Å². The van der Waals surface area contributed by atoms with Crippen molar-refractivity contribution in [2.24, 2.45) is 0 Å². The molecule has 0 atom stereocenters. The number of ether oxygens (including phenoxy) is 1. The number of nitrogens with one attached hydrogen (secondary N) is 1. The van der Waals surface area contributed by atoms with E-state index in [-0.39, 0.29) is 5.91 Å². The van der Waals surface area contributed by atoms with Crippen LogP contribution in [0, 0.1) is 0 Å². The number of morpholine rings is 1. The SMILES string of the molecule is O=C(NCCN1CCOCC1)c1cccc(-c2ccccc2)n1. The van der Waals surface area contributed by atoms with E-state index in [9.17, 15) is 4.79 Å². The molecule has 0 radical (unpaired) electrons. The number of aromatic nitrogens is 1. The fourth-order valence-electron chi connectivity index (χ4n) is 2.57. The summed E-state index contributed by atoms with van der Waals surface area (Å²) in [5, 5.41) is 2.94. The van der Waals surface area contributed by atoms with Crippen molar-refractivity contribution in [1.29, 1.82) is 0 Å². The molecule has 0 bridgehead atoms. The topological polar surface area (TPSA) is 54.5 Å². The maximum Gasteiger partial charge on any atom is 0.269 e. The Balaban J connectivity index is 1.57. The molecule has 0 spiro atoms. The number of pyridine rings is 1. The van der Waals surface area contributed by atoms with E-state index in [4.69, 9.17) is 4.74 Å². The Kier molecular flexibility index (Phi) is 5.34. The number of nitrogens with zero attached hydrogens (tertiary/aromatic N) is 2. The van der Waals surface area contributed by atoms with Crippen molar-refractivity contribution in [3.05, 3.63) is 54.2 Å². The summed E-state index contributed by atoms with van der Waals surface area (Å²) in [5.41, 5.74) is 2.27. The van der Waals surface area contributed by atoms with Gasteiger partial charge in [-0.2, -0.15) is 0 Å². The molecule has 1 aliphatic heterocycles. The largest absolute Gasteiger partial charge is 0.379 e. The molecule has 3 rings (SSSR count). The first-order valence-electron chi connectivity index (χ1n) is 7.94. The average Bonchev–Trinajstić information content (AvgIpc) is 2.63. The van der Waals surface area contributed by atoms with Gasteiger partial charge in [-0.25, -0.2) is 4.98 Å². The maximum atomic E-state index is 12.3. The molecule has 1 aliphatic rings. The highest BCUT2D eigenvalue weighted by Gasteiger charge is 2.12. The summed E-state index contributed by atoms with van der Waals surface area (Å²) in [6.45, 7) is 4.86. The van der Waals surface area contributed by atoms with E-state index in [1.165, 1.54) is 0 Å². The summed E-state index contributed by atoms with van der Waals surface area (Å²) in [6, 6.07) is 15.4. The van der Waals surface area contributed by atoms with Gasteiger partial charge in [-0.3, -0.25) is 9.69 Å². The van der Waals surface area contributed by atoms with Crippen LogP contribution in [0.25, 0.3) is 11.3 Å². The van der Waals surface area contributed by atoms with E-state index in [1.54, 1.807) is 6.07 Å². The van der Waals surface area contributed by atoms with Crippen LogP contribution in [0.4, 0.5) is 0 Å². The van der Waals surface area contributed by atoms with Crippen molar-refractivity contribution in [1.82, 2.24) is 15.2 Å². The van der Waals surface area contributed by atoms with Gasteiger partial charge in [0.05, 0.1) is 18.9 Å². The zero-order chi connectivity index (χ0) is 15.9. The van der Waals surface area contributed by atoms with Crippen LogP contribution in [0.5, 0.6) is 0 Å². The second kappa shape index (κ2) is 7.85. The van der Waals surface area contributed by atoms with Crippen molar-refractivity contribution in [2.75, 3.05) is 39.4 Å². The first kappa shape index (κ1) is 15.6. The van der Waals surface area contributed by atoms with Crippen molar-refractivity contribution in [2.45, 2.75) is 0 Å². The predicted molar refractivity (Wildman–Crippen MR) is 89.3 cm³/mol. The van der Waals surface area contributed by atoms with Crippen LogP contribution >= 0.6 is 0 Å². The molecule has 120 valence electrons. The number of hydrogen-bond acceptors (Lipinski definition) is 4. The highest BCUT2D eigenvalue weighted by molar-refractivity contribution is 5.92. The molecule has 5 heteroatoms. The molecule has 1 aromatic carbocycles. The number of benzene rings is 1. The monoisotopic (exact) mass is 311 g/mol. The molecular weight excluding hydrogens is 290 g/mol. The van der Waals surface area contributed by atoms with Gasteiger partial charge in [-0.1, -0.05) is 36.4 Å². The second-order valence-electron chi connectivity index (χ2n) is 5.48. The quantitative estimate of drug-likeness (QED) is 0.915. The lowest BCUT2D eigenvalue weighted by Gasteiger charge is -2.26. The Morgan fingerprint density at radius 1 is 1.09 bits per heavy atom. The third-order valence-electron chi connectivity index (χ3n) is 3.87. The highest BCUT2D eigenvalue weighted by Crippen LogP contribution is 2.16. The molecule has 2 heterocycles. The van der Waals surface area contributed by atoms with Crippen molar-refractivity contribution in [3.63, 3.8) is 0 Å². The summed E-state index contributed by atoms with van der Waals surface area (Å²) in [5.74, 6) is -0.129. The van der Waals surface area contributed by atoms with Gasteiger partial charge in [-0.05, 0) is 12.1 Å². The highest BCUT2D eigenvalue weighted by atomic mass is 16.5. The number of carbonyl (C=O) groups excluding carboxylic acids is 1. The first-order chi connectivity index (χ1) is 11.3. The molecule has 0 saturated carbocycles. The van der Waals surface area contributed by atoms with Gasteiger partial charge in [0, 0.05) is 31.7 Å². The molecule has 0 aliphatic carbocycles. The summed E-state index contributed by atoms with van der Waals surface area (Å²) >= 11 is 0. The zero-order valence-electron chi connectivity index (χ0n) is 13.1. The van der Waals surface area contributed by atoms with E-state index in [1.807, 2.05) is 42.5 Å². The summed E-state index contributed by atoms with van der Waals surface area (Å²) in [7, 11) is 0. The van der Waals surface area contributed by atoms with Crippen LogP contribution in [0.2, 0.25) is 0 Å². The Morgan fingerprint density at radius 3 is 2.65 bits per heavy atom. The fraction of sp³-hybridized carbons (Fsp3) is 0.333. The standard InChI is InChI=1S/C18H21N3O2/c22-18(19-9-10-21-11-13-23-14-12-21)17-8-4-7-16(20-17)15-5-2-1-3-6-15/h1-8H,9-14H2,(H,19,22). The van der Waals surface area contributed by atoms with Gasteiger partial charge in [0.1, 0.15) is 5.69 Å². The van der Waals surface area contributed by atoms with Crippen molar-refractivity contribution >= 4 is 5.91 Å². The van der Waals surface area contributed by atoms with Gasteiger partial charge in [0.25, 0.3) is 5.91 Å². The Bertz CT molecular complexity index is 640. The minimum Gasteiger partial charge on any atom is -0.379 e. The Morgan fingerprint density at radius 2 is 1.87 bits per heavy atom. The van der Waals surface area contributed by atoms with Gasteiger partial charge >= 0.3 is 0 Å². The average molecular weight is 311 g/mol. The van der Waals surface area contributed by atoms with Crippen LogP contribution < -0.4 is 5.32 Å². The van der Waals surface area contributed by atoms with E-state index in [0.29, 0.717) is 12.2 Å². The van der Waals surface area contributed by atoms with Crippen LogP contribution in [-0.4, -0.2) is 55.2 Å². The molecule has 1 N–H and O–H groups in total. The predicted octanol–water partition coefficient (Wildman–Crippen LogP) is 1.81. The van der Waals surface area contributed by atoms with Crippen LogP contribution in [0.15, 0.2) is 48.5 Å². The molecule has 23 heavy (non-hydrogen) atoms. The minimum atomic E-state index is -0.129. The smallest absolute Gasteiger partial charge is 0.269 e. The maximum absolute atomic E-state index is 12.3. The Hall–Kier alpha value is -2.24. The summed E-state index contributed by atoms with van der Waals surface area (Å²) in [4.78, 5) is 19.0. The van der Waals surface area contributed by atoms with Crippen LogP contribution in [-0.2, 0) is 4.74 Å². The molecule has 1 aromatic heterocycles. The van der Waals surface area contributed by atoms with Gasteiger partial charge in [-0.15, -0.1) is 0 Å². The van der Waals surface area contributed by atoms with E-state index < -0.39 is 0 Å². The summed E-state index contributed by atoms with van der Waals surface area (Å²) in [6.07, 6.45) is 0. The number of amides is 1. The molecule has 1 fully saturated rings. The zero-order valence-corrected chi connectivity index (χ0v) is 13.1. The van der Waals surface area contributed by atoms with Crippen LogP contribution in [0.3, 0.4) is 0 Å². The van der Waals surface area contributed by atoms with E-state index in [2.05, 4.69) is 15.2 Å². The first-order valence-corrected chi connectivity index (χ1v) is 7.94. The van der Waals surface area contributed by atoms with Crippen molar-refractivity contribution in [3.8, 4) is 11.3 Å². The van der Waals surface area contributed by atoms with Gasteiger partial charge < -0.3 is 10.1 Å². The molecule has 0 unspecified atom stereocenters. The molecule has 1 amide bonds. The molecule has 1 saturated heterocycles. The number of rotatable bonds is 5. The second-order valence-corrected chi connectivity index (χ2v) is 5.48.